The zero-order chi connectivity index (χ0) is 23.4. The number of hydrogen-bond acceptors (Lipinski definition) is 5. The highest BCUT2D eigenvalue weighted by Crippen LogP contribution is 2.65. The zero-order valence-electron chi connectivity index (χ0n) is 19.4. The van der Waals surface area contributed by atoms with E-state index in [0.717, 1.165) is 18.4 Å². The Labute approximate surface area is 194 Å². The van der Waals surface area contributed by atoms with Gasteiger partial charge >= 0.3 is 5.97 Å². The Balaban J connectivity index is 1.35. The van der Waals surface area contributed by atoms with Crippen LogP contribution in [0, 0.1) is 42.4 Å². The van der Waals surface area contributed by atoms with Gasteiger partial charge in [0.1, 0.15) is 6.04 Å². The van der Waals surface area contributed by atoms with Crippen molar-refractivity contribution >= 4 is 23.6 Å². The minimum Gasteiger partial charge on any atom is -0.453 e. The van der Waals surface area contributed by atoms with E-state index < -0.39 is 18.1 Å². The van der Waals surface area contributed by atoms with Gasteiger partial charge in [0.05, 0.1) is 11.8 Å². The molecule has 3 fully saturated rings. The van der Waals surface area contributed by atoms with Crippen LogP contribution < -0.4 is 0 Å². The maximum Gasteiger partial charge on any atom is 0.330 e. The number of amides is 2. The Kier molecular flexibility index (Phi) is 5.50. The summed E-state index contributed by atoms with van der Waals surface area (Å²) < 4.78 is 5.57. The van der Waals surface area contributed by atoms with Crippen LogP contribution in [0.2, 0.25) is 0 Å². The number of esters is 1. The molecule has 33 heavy (non-hydrogen) atoms. The molecule has 1 heterocycles. The molecule has 6 nitrogen and oxygen atoms in total. The zero-order valence-corrected chi connectivity index (χ0v) is 19.4. The van der Waals surface area contributed by atoms with Gasteiger partial charge in [-0.25, -0.2) is 4.79 Å². The fourth-order valence-electron chi connectivity index (χ4n) is 6.30. The molecule has 0 spiro atoms. The van der Waals surface area contributed by atoms with Crippen molar-refractivity contribution in [2.45, 2.75) is 58.6 Å². The number of imide groups is 1. The summed E-state index contributed by atoms with van der Waals surface area (Å²) in [6.07, 6.45) is 6.20. The lowest BCUT2D eigenvalue weighted by Crippen LogP contribution is -2.47. The average Bonchev–Trinajstić information content (AvgIpc) is 3.59. The fourth-order valence-corrected chi connectivity index (χ4v) is 6.30. The van der Waals surface area contributed by atoms with Gasteiger partial charge in [-0.2, -0.15) is 0 Å². The van der Waals surface area contributed by atoms with Gasteiger partial charge in [-0.15, -0.1) is 0 Å². The van der Waals surface area contributed by atoms with E-state index in [4.69, 9.17) is 4.74 Å². The molecule has 0 N–H and O–H groups in total. The summed E-state index contributed by atoms with van der Waals surface area (Å²) in [5, 5.41) is 0. The third kappa shape index (κ3) is 3.54. The van der Waals surface area contributed by atoms with Crippen molar-refractivity contribution in [1.82, 2.24) is 4.90 Å². The third-order valence-electron chi connectivity index (χ3n) is 8.11. The predicted octanol–water partition coefficient (Wildman–Crippen LogP) is 3.72. The number of ketones is 1. The highest BCUT2D eigenvalue weighted by atomic mass is 16.5. The summed E-state index contributed by atoms with van der Waals surface area (Å²) in [6, 6.07) is 6.12. The average molecular weight is 450 g/mol. The Bertz CT molecular complexity index is 991. The van der Waals surface area contributed by atoms with Crippen LogP contribution in [0.4, 0.5) is 0 Å². The topological polar surface area (TPSA) is 80.8 Å². The molecule has 4 aliphatic carbocycles. The smallest absolute Gasteiger partial charge is 0.330 e. The summed E-state index contributed by atoms with van der Waals surface area (Å²) in [7, 11) is 0. The van der Waals surface area contributed by atoms with Crippen LogP contribution in [-0.2, 0) is 19.1 Å². The number of allylic oxidation sites excluding steroid dienone is 2. The first-order valence-corrected chi connectivity index (χ1v) is 12.2. The van der Waals surface area contributed by atoms with E-state index in [1.165, 1.54) is 4.90 Å². The lowest BCUT2D eigenvalue weighted by atomic mass is 9.63. The van der Waals surface area contributed by atoms with Gasteiger partial charge in [0.25, 0.3) is 0 Å². The number of benzene rings is 1. The second-order valence-corrected chi connectivity index (χ2v) is 10.2. The van der Waals surface area contributed by atoms with Gasteiger partial charge in [-0.05, 0) is 50.4 Å². The quantitative estimate of drug-likeness (QED) is 0.262. The Morgan fingerprint density at radius 1 is 1.03 bits per heavy atom. The molecule has 6 heteroatoms. The number of rotatable bonds is 8. The van der Waals surface area contributed by atoms with Crippen LogP contribution in [-0.4, -0.2) is 40.6 Å². The van der Waals surface area contributed by atoms with Gasteiger partial charge in [-0.3, -0.25) is 19.3 Å². The molecule has 0 unspecified atom stereocenters. The first-order valence-electron chi connectivity index (χ1n) is 12.2. The van der Waals surface area contributed by atoms with Gasteiger partial charge in [0.15, 0.2) is 6.10 Å². The number of aryl methyl sites for hydroxylation is 1. The monoisotopic (exact) mass is 449 g/mol. The molecule has 2 amide bonds. The van der Waals surface area contributed by atoms with Crippen molar-refractivity contribution < 1.29 is 23.9 Å². The molecule has 5 aliphatic rings. The van der Waals surface area contributed by atoms with E-state index in [2.05, 4.69) is 12.2 Å². The second kappa shape index (κ2) is 8.23. The summed E-state index contributed by atoms with van der Waals surface area (Å²) in [6.45, 7) is 5.47. The van der Waals surface area contributed by atoms with Crippen LogP contribution in [0.5, 0.6) is 0 Å². The van der Waals surface area contributed by atoms with Gasteiger partial charge in [-0.1, -0.05) is 61.7 Å². The third-order valence-corrected chi connectivity index (χ3v) is 8.11. The predicted molar refractivity (Wildman–Crippen MR) is 121 cm³/mol. The highest BCUT2D eigenvalue weighted by molar-refractivity contribution is 6.09. The first-order chi connectivity index (χ1) is 15.8. The van der Waals surface area contributed by atoms with E-state index in [0.29, 0.717) is 30.2 Å². The van der Waals surface area contributed by atoms with Crippen LogP contribution in [0.15, 0.2) is 36.4 Å². The number of nitrogens with zero attached hydrogens (tertiary/aromatic N) is 1. The van der Waals surface area contributed by atoms with Crippen LogP contribution in [0.3, 0.4) is 0 Å². The van der Waals surface area contributed by atoms with Crippen molar-refractivity contribution in [3.63, 3.8) is 0 Å². The van der Waals surface area contributed by atoms with E-state index in [1.54, 1.807) is 19.1 Å². The Morgan fingerprint density at radius 3 is 2.15 bits per heavy atom. The maximum absolute atomic E-state index is 13.5. The Hall–Kier alpha value is -2.76. The molecule has 1 aromatic carbocycles. The molecule has 1 saturated heterocycles. The first kappa shape index (κ1) is 22.1. The fraction of sp³-hybridized carbons (Fsp3) is 0.556. The minimum atomic E-state index is -0.995. The van der Waals surface area contributed by atoms with E-state index in [9.17, 15) is 19.2 Å². The molecule has 1 aromatic rings. The van der Waals surface area contributed by atoms with Crippen molar-refractivity contribution in [3.05, 3.63) is 47.5 Å². The maximum atomic E-state index is 13.5. The van der Waals surface area contributed by atoms with Crippen LogP contribution >= 0.6 is 0 Å². The number of hydrogen-bond donors (Lipinski definition) is 0. The number of unbranched alkanes of at least 4 members (excludes halogenated alkanes) is 1. The molecule has 8 atom stereocenters. The molecule has 2 saturated carbocycles. The Morgan fingerprint density at radius 2 is 1.61 bits per heavy atom. The van der Waals surface area contributed by atoms with Gasteiger partial charge < -0.3 is 4.74 Å². The largest absolute Gasteiger partial charge is 0.453 e. The lowest BCUT2D eigenvalue weighted by Gasteiger charge is -2.37. The van der Waals surface area contributed by atoms with E-state index >= 15 is 0 Å². The second-order valence-electron chi connectivity index (χ2n) is 10.2. The minimum absolute atomic E-state index is 0.108. The molecule has 0 radical (unpaired) electrons. The van der Waals surface area contributed by atoms with E-state index in [-0.39, 0.29) is 41.3 Å². The lowest BCUT2D eigenvalue weighted by molar-refractivity contribution is -0.161. The molecular weight excluding hydrogens is 418 g/mol. The molecule has 2 bridgehead atoms. The van der Waals surface area contributed by atoms with Gasteiger partial charge in [0, 0.05) is 5.56 Å². The molecule has 174 valence electrons. The molecule has 1 aliphatic heterocycles. The van der Waals surface area contributed by atoms with Crippen molar-refractivity contribution in [2.75, 3.05) is 0 Å². The van der Waals surface area contributed by atoms with Crippen LogP contribution in [0.1, 0.15) is 55.5 Å². The number of carbonyl (C=O) groups is 4. The summed E-state index contributed by atoms with van der Waals surface area (Å²) in [5.41, 5.74) is 1.50. The van der Waals surface area contributed by atoms with Crippen molar-refractivity contribution in [3.8, 4) is 0 Å². The van der Waals surface area contributed by atoms with Crippen LogP contribution in [0.25, 0.3) is 0 Å². The summed E-state index contributed by atoms with van der Waals surface area (Å²) in [5.74, 6) is -0.894. The highest BCUT2D eigenvalue weighted by Gasteiger charge is 2.68. The standard InChI is InChI=1S/C27H31NO5/c1-4-5-6-21(27(32)33-15(3)24(29)16-9-7-14(2)8-10-16)28-25(30)22-17-11-12-18(20-13-19(17)20)23(22)26(28)31/h7-12,15,17-23H,4-6,13H2,1-3H3/t15-,17+,18+,19-,20+,21-,22-,23-/m1/s1. The number of ether oxygens (including phenoxy) is 1. The van der Waals surface area contributed by atoms with E-state index in [1.807, 2.05) is 26.0 Å². The number of Topliss-reactive ketones (excluding diaryl/α,β-unsaturated/α-hetero) is 1. The summed E-state index contributed by atoms with van der Waals surface area (Å²) in [4.78, 5) is 54.2. The summed E-state index contributed by atoms with van der Waals surface area (Å²) >= 11 is 0. The number of carbonyl (C=O) groups excluding carboxylic acids is 4. The van der Waals surface area contributed by atoms with Gasteiger partial charge in [0.2, 0.25) is 17.6 Å². The SMILES string of the molecule is CCCC[C@H](C(=O)O[C@H](C)C(=O)c1ccc(C)cc1)N1C(=O)[C@@H]2[C@H]3C=C[C@@H]([C@@H]4C[C@H]34)[C@H]2C1=O. The molecular formula is C27H31NO5. The number of likely N-dealkylation sites (tertiary alicyclic amines) is 1. The normalized spacial score (nSPS) is 32.9. The van der Waals surface area contributed by atoms with Crippen molar-refractivity contribution in [1.29, 1.82) is 0 Å². The molecule has 6 rings (SSSR count). The molecule has 0 aromatic heterocycles. The van der Waals surface area contributed by atoms with Crippen molar-refractivity contribution in [2.24, 2.45) is 35.5 Å².